The second-order valence-corrected chi connectivity index (χ2v) is 3.22. The van der Waals surface area contributed by atoms with Crippen molar-refractivity contribution in [1.29, 1.82) is 0 Å². The van der Waals surface area contributed by atoms with E-state index in [2.05, 4.69) is 9.97 Å². The highest BCUT2D eigenvalue weighted by molar-refractivity contribution is 5.80. The highest BCUT2D eigenvalue weighted by Gasteiger charge is 2.05. The van der Waals surface area contributed by atoms with E-state index in [4.69, 9.17) is 0 Å². The first kappa shape index (κ1) is 8.87. The summed E-state index contributed by atoms with van der Waals surface area (Å²) in [5.74, 6) is 0.304. The zero-order valence-corrected chi connectivity index (χ0v) is 7.67. The van der Waals surface area contributed by atoms with E-state index in [9.17, 15) is 9.18 Å². The molecule has 0 amide bonds. The molecule has 4 heteroatoms. The van der Waals surface area contributed by atoms with Gasteiger partial charge in [0.2, 0.25) is 0 Å². The van der Waals surface area contributed by atoms with Gasteiger partial charge in [0.1, 0.15) is 17.4 Å². The topological polar surface area (TPSA) is 45.8 Å². The predicted molar refractivity (Wildman–Crippen MR) is 50.4 cm³/mol. The van der Waals surface area contributed by atoms with Crippen LogP contribution in [-0.4, -0.2) is 15.8 Å². The number of aromatic nitrogens is 2. The van der Waals surface area contributed by atoms with Crippen LogP contribution in [0.15, 0.2) is 18.2 Å². The summed E-state index contributed by atoms with van der Waals surface area (Å²) in [6.45, 7) is 1.49. The lowest BCUT2D eigenvalue weighted by Crippen LogP contribution is -1.97. The smallest absolute Gasteiger partial charge is 0.137 e. The van der Waals surface area contributed by atoms with Gasteiger partial charge in [0, 0.05) is 0 Å². The van der Waals surface area contributed by atoms with Crippen molar-refractivity contribution in [2.45, 2.75) is 13.3 Å². The Morgan fingerprint density at radius 3 is 3.07 bits per heavy atom. The van der Waals surface area contributed by atoms with Crippen molar-refractivity contribution < 1.29 is 9.18 Å². The number of benzene rings is 1. The van der Waals surface area contributed by atoms with Crippen LogP contribution in [0.3, 0.4) is 0 Å². The molecule has 1 aromatic carbocycles. The number of imidazole rings is 1. The SMILES string of the molecule is CC(=O)Cc1nc2ccc(F)cc2[nH]1. The van der Waals surface area contributed by atoms with Crippen LogP contribution in [-0.2, 0) is 11.2 Å². The maximum absolute atomic E-state index is 12.8. The molecule has 0 atom stereocenters. The number of fused-ring (bicyclic) bond motifs is 1. The Balaban J connectivity index is 2.46. The number of hydrogen-bond donors (Lipinski definition) is 1. The van der Waals surface area contributed by atoms with E-state index >= 15 is 0 Å². The summed E-state index contributed by atoms with van der Waals surface area (Å²) in [5, 5.41) is 0. The largest absolute Gasteiger partial charge is 0.342 e. The lowest BCUT2D eigenvalue weighted by atomic mass is 10.3. The van der Waals surface area contributed by atoms with Crippen LogP contribution in [0.4, 0.5) is 4.39 Å². The van der Waals surface area contributed by atoms with Gasteiger partial charge in [-0.2, -0.15) is 0 Å². The van der Waals surface area contributed by atoms with Crippen LogP contribution < -0.4 is 0 Å². The van der Waals surface area contributed by atoms with Crippen molar-refractivity contribution in [2.24, 2.45) is 0 Å². The molecule has 1 aromatic heterocycles. The highest BCUT2D eigenvalue weighted by atomic mass is 19.1. The number of carbonyl (C=O) groups is 1. The third-order valence-electron chi connectivity index (χ3n) is 1.91. The van der Waals surface area contributed by atoms with E-state index < -0.39 is 0 Å². The molecular formula is C10H9FN2O. The second kappa shape index (κ2) is 3.21. The lowest BCUT2D eigenvalue weighted by Gasteiger charge is -1.87. The average Bonchev–Trinajstić information content (AvgIpc) is 2.44. The van der Waals surface area contributed by atoms with Crippen LogP contribution >= 0.6 is 0 Å². The van der Waals surface area contributed by atoms with E-state index in [-0.39, 0.29) is 18.0 Å². The van der Waals surface area contributed by atoms with Gasteiger partial charge < -0.3 is 4.98 Å². The molecule has 0 aliphatic carbocycles. The molecule has 0 bridgehead atoms. The van der Waals surface area contributed by atoms with Crippen molar-refractivity contribution in [2.75, 3.05) is 0 Å². The Kier molecular flexibility index (Phi) is 2.04. The summed E-state index contributed by atoms with van der Waals surface area (Å²) in [6, 6.07) is 4.30. The number of halogens is 1. The van der Waals surface area contributed by atoms with E-state index in [1.54, 1.807) is 6.07 Å². The van der Waals surface area contributed by atoms with Gasteiger partial charge >= 0.3 is 0 Å². The molecule has 0 saturated carbocycles. The first-order valence-electron chi connectivity index (χ1n) is 4.29. The normalized spacial score (nSPS) is 10.7. The Labute approximate surface area is 80.0 Å². The minimum atomic E-state index is -0.310. The van der Waals surface area contributed by atoms with Crippen LogP contribution in [0.5, 0.6) is 0 Å². The minimum Gasteiger partial charge on any atom is -0.342 e. The van der Waals surface area contributed by atoms with Gasteiger partial charge in [-0.3, -0.25) is 4.79 Å². The Morgan fingerprint density at radius 2 is 2.36 bits per heavy atom. The molecule has 14 heavy (non-hydrogen) atoms. The molecule has 0 fully saturated rings. The van der Waals surface area contributed by atoms with Crippen LogP contribution in [0.25, 0.3) is 11.0 Å². The van der Waals surface area contributed by atoms with Gasteiger partial charge in [-0.1, -0.05) is 0 Å². The summed E-state index contributed by atoms with van der Waals surface area (Å²) >= 11 is 0. The number of ketones is 1. The third-order valence-corrected chi connectivity index (χ3v) is 1.91. The molecule has 0 saturated heterocycles. The Bertz CT molecular complexity index is 490. The molecule has 0 aliphatic heterocycles. The lowest BCUT2D eigenvalue weighted by molar-refractivity contribution is -0.116. The molecule has 1 heterocycles. The minimum absolute atomic E-state index is 0.0320. The molecule has 72 valence electrons. The van der Waals surface area contributed by atoms with Gasteiger partial charge in [0.15, 0.2) is 0 Å². The van der Waals surface area contributed by atoms with Gasteiger partial charge in [-0.15, -0.1) is 0 Å². The summed E-state index contributed by atoms with van der Waals surface area (Å²) in [4.78, 5) is 17.9. The number of rotatable bonds is 2. The maximum atomic E-state index is 12.8. The molecule has 1 N–H and O–H groups in total. The Hall–Kier alpha value is -1.71. The summed E-state index contributed by atoms with van der Waals surface area (Å²) in [6.07, 6.45) is 0.260. The fraction of sp³-hybridized carbons (Fsp3) is 0.200. The second-order valence-electron chi connectivity index (χ2n) is 3.22. The van der Waals surface area contributed by atoms with Gasteiger partial charge in [-0.05, 0) is 25.1 Å². The summed E-state index contributed by atoms with van der Waals surface area (Å²) < 4.78 is 12.8. The van der Waals surface area contributed by atoms with E-state index in [0.717, 1.165) is 0 Å². The molecule has 0 aliphatic rings. The van der Waals surface area contributed by atoms with E-state index in [1.165, 1.54) is 19.1 Å². The fourth-order valence-corrected chi connectivity index (χ4v) is 1.35. The van der Waals surface area contributed by atoms with Crippen LogP contribution in [0, 0.1) is 5.82 Å². The summed E-state index contributed by atoms with van der Waals surface area (Å²) in [5.41, 5.74) is 1.31. The van der Waals surface area contributed by atoms with Gasteiger partial charge in [0.05, 0.1) is 17.5 Å². The standard InChI is InChI=1S/C10H9FN2O/c1-6(14)4-10-12-8-3-2-7(11)5-9(8)13-10/h2-3,5H,4H2,1H3,(H,12,13). The molecule has 2 rings (SSSR count). The number of aromatic amines is 1. The van der Waals surface area contributed by atoms with Gasteiger partial charge in [-0.25, -0.2) is 9.37 Å². The van der Waals surface area contributed by atoms with Crippen LogP contribution in [0.1, 0.15) is 12.7 Å². The zero-order valence-electron chi connectivity index (χ0n) is 7.67. The van der Waals surface area contributed by atoms with E-state index in [0.29, 0.717) is 16.9 Å². The van der Waals surface area contributed by atoms with Crippen molar-refractivity contribution in [3.63, 3.8) is 0 Å². The Morgan fingerprint density at radius 1 is 1.57 bits per heavy atom. The van der Waals surface area contributed by atoms with Crippen molar-refractivity contribution in [3.05, 3.63) is 29.8 Å². The maximum Gasteiger partial charge on any atom is 0.137 e. The number of carbonyl (C=O) groups excluding carboxylic acids is 1. The molecule has 0 spiro atoms. The van der Waals surface area contributed by atoms with Gasteiger partial charge in [0.25, 0.3) is 0 Å². The monoisotopic (exact) mass is 192 g/mol. The zero-order chi connectivity index (χ0) is 10.1. The van der Waals surface area contributed by atoms with E-state index in [1.807, 2.05) is 0 Å². The number of H-pyrrole nitrogens is 1. The highest BCUT2D eigenvalue weighted by Crippen LogP contribution is 2.13. The van der Waals surface area contributed by atoms with Crippen LogP contribution in [0.2, 0.25) is 0 Å². The predicted octanol–water partition coefficient (Wildman–Crippen LogP) is 1.83. The molecule has 3 nitrogen and oxygen atoms in total. The number of Topliss-reactive ketones (excluding diaryl/α,β-unsaturated/α-hetero) is 1. The van der Waals surface area contributed by atoms with Crippen molar-refractivity contribution >= 4 is 16.8 Å². The van der Waals surface area contributed by atoms with Crippen molar-refractivity contribution in [1.82, 2.24) is 9.97 Å². The molecule has 0 radical (unpaired) electrons. The number of nitrogens with zero attached hydrogens (tertiary/aromatic N) is 1. The fourth-order valence-electron chi connectivity index (χ4n) is 1.35. The summed E-state index contributed by atoms with van der Waals surface area (Å²) in [7, 11) is 0. The molecular weight excluding hydrogens is 183 g/mol. The first-order valence-corrected chi connectivity index (χ1v) is 4.29. The number of hydrogen-bond acceptors (Lipinski definition) is 2. The molecule has 0 unspecified atom stereocenters. The number of nitrogens with one attached hydrogen (secondary N) is 1. The van der Waals surface area contributed by atoms with Crippen molar-refractivity contribution in [3.8, 4) is 0 Å². The average molecular weight is 192 g/mol. The third kappa shape index (κ3) is 1.64. The quantitative estimate of drug-likeness (QED) is 0.789. The molecule has 2 aromatic rings. The first-order chi connectivity index (χ1) is 6.65.